The molecule has 1 aromatic carbocycles. The summed E-state index contributed by atoms with van der Waals surface area (Å²) in [5.74, 6) is -0.208. The number of thiophene rings is 1. The number of hydrogen-bond acceptors (Lipinski definition) is 5. The van der Waals surface area contributed by atoms with Crippen molar-refractivity contribution in [3.8, 4) is 0 Å². The molecule has 0 saturated carbocycles. The van der Waals surface area contributed by atoms with Crippen LogP contribution in [0, 0.1) is 0 Å². The second-order valence-corrected chi connectivity index (χ2v) is 7.20. The molecular formula is C19H24N2O2S. The van der Waals surface area contributed by atoms with Crippen LogP contribution in [0.1, 0.15) is 22.2 Å². The molecule has 0 N–H and O–H groups in total. The third kappa shape index (κ3) is 4.90. The van der Waals surface area contributed by atoms with Crippen molar-refractivity contribution in [1.29, 1.82) is 0 Å². The van der Waals surface area contributed by atoms with Crippen LogP contribution in [0.3, 0.4) is 0 Å². The first kappa shape index (κ1) is 17.1. The minimum Gasteiger partial charge on any atom is -0.457 e. The molecule has 1 aromatic heterocycles. The van der Waals surface area contributed by atoms with Crippen LogP contribution in [-0.4, -0.2) is 54.6 Å². The van der Waals surface area contributed by atoms with E-state index >= 15 is 0 Å². The SMILES string of the molecule is C[C@H](CN1CCN(Cc2ccccc2)CC1)OC(=O)c1cccs1. The van der Waals surface area contributed by atoms with Gasteiger partial charge in [0.2, 0.25) is 0 Å². The average molecular weight is 344 g/mol. The average Bonchev–Trinajstić information content (AvgIpc) is 3.12. The molecule has 0 amide bonds. The smallest absolute Gasteiger partial charge is 0.348 e. The fourth-order valence-corrected chi connectivity index (χ4v) is 3.61. The fraction of sp³-hybridized carbons (Fsp3) is 0.421. The highest BCUT2D eigenvalue weighted by Crippen LogP contribution is 2.13. The van der Waals surface area contributed by atoms with Gasteiger partial charge in [-0.25, -0.2) is 4.79 Å². The standard InChI is InChI=1S/C19H24N2O2S/c1-16(23-19(22)18-8-5-13-24-18)14-20-9-11-21(12-10-20)15-17-6-3-2-4-7-17/h2-8,13,16H,9-12,14-15H2,1H3/t16-/m1/s1. The van der Waals surface area contributed by atoms with E-state index in [1.165, 1.54) is 16.9 Å². The van der Waals surface area contributed by atoms with Gasteiger partial charge in [0.15, 0.2) is 0 Å². The van der Waals surface area contributed by atoms with Gasteiger partial charge in [-0.1, -0.05) is 36.4 Å². The molecule has 2 heterocycles. The topological polar surface area (TPSA) is 32.8 Å². The highest BCUT2D eigenvalue weighted by molar-refractivity contribution is 7.11. The molecule has 2 aromatic rings. The minimum absolute atomic E-state index is 0.0831. The lowest BCUT2D eigenvalue weighted by Crippen LogP contribution is -2.48. The summed E-state index contributed by atoms with van der Waals surface area (Å²) >= 11 is 1.43. The summed E-state index contributed by atoms with van der Waals surface area (Å²) in [5.41, 5.74) is 1.36. The Hall–Kier alpha value is -1.69. The van der Waals surface area contributed by atoms with Gasteiger partial charge in [0.1, 0.15) is 11.0 Å². The molecule has 24 heavy (non-hydrogen) atoms. The Morgan fingerprint density at radius 2 is 1.79 bits per heavy atom. The van der Waals surface area contributed by atoms with Gasteiger partial charge in [-0.05, 0) is 23.9 Å². The van der Waals surface area contributed by atoms with Gasteiger partial charge in [-0.15, -0.1) is 11.3 Å². The van der Waals surface area contributed by atoms with E-state index in [9.17, 15) is 4.79 Å². The second-order valence-electron chi connectivity index (χ2n) is 6.26. The number of esters is 1. The molecule has 3 rings (SSSR count). The van der Waals surface area contributed by atoms with Crippen molar-refractivity contribution in [2.24, 2.45) is 0 Å². The molecule has 1 aliphatic heterocycles. The van der Waals surface area contributed by atoms with E-state index in [0.717, 1.165) is 39.3 Å². The third-order valence-electron chi connectivity index (χ3n) is 4.26. The molecule has 1 fully saturated rings. The Morgan fingerprint density at radius 3 is 2.46 bits per heavy atom. The summed E-state index contributed by atoms with van der Waals surface area (Å²) in [6, 6.07) is 14.3. The van der Waals surface area contributed by atoms with Crippen LogP contribution in [0.5, 0.6) is 0 Å². The summed E-state index contributed by atoms with van der Waals surface area (Å²) in [7, 11) is 0. The van der Waals surface area contributed by atoms with Gasteiger partial charge in [0.05, 0.1) is 0 Å². The molecule has 1 aliphatic rings. The lowest BCUT2D eigenvalue weighted by Gasteiger charge is -2.35. The van der Waals surface area contributed by atoms with Crippen LogP contribution in [0.4, 0.5) is 0 Å². The Balaban J connectivity index is 1.39. The third-order valence-corrected chi connectivity index (χ3v) is 5.11. The second kappa shape index (κ2) is 8.42. The van der Waals surface area contributed by atoms with Crippen LogP contribution in [0.25, 0.3) is 0 Å². The molecule has 0 aliphatic carbocycles. The Kier molecular flexibility index (Phi) is 6.01. The van der Waals surface area contributed by atoms with Gasteiger partial charge in [-0.2, -0.15) is 0 Å². The molecule has 1 atom stereocenters. The van der Waals surface area contributed by atoms with Crippen molar-refractivity contribution in [3.05, 3.63) is 58.3 Å². The lowest BCUT2D eigenvalue weighted by atomic mass is 10.2. The Morgan fingerprint density at radius 1 is 1.08 bits per heavy atom. The van der Waals surface area contributed by atoms with Crippen LogP contribution >= 0.6 is 11.3 Å². The maximum absolute atomic E-state index is 12.0. The van der Waals surface area contributed by atoms with E-state index in [1.54, 1.807) is 0 Å². The van der Waals surface area contributed by atoms with Gasteiger partial charge in [0, 0.05) is 39.3 Å². The highest BCUT2D eigenvalue weighted by atomic mass is 32.1. The van der Waals surface area contributed by atoms with Crippen molar-refractivity contribution in [3.63, 3.8) is 0 Å². The van der Waals surface area contributed by atoms with Crippen LogP contribution in [0.15, 0.2) is 47.8 Å². The molecule has 0 radical (unpaired) electrons. The zero-order valence-electron chi connectivity index (χ0n) is 14.1. The monoisotopic (exact) mass is 344 g/mol. The van der Waals surface area contributed by atoms with Crippen molar-refractivity contribution >= 4 is 17.3 Å². The predicted octanol–water partition coefficient (Wildman–Crippen LogP) is 3.11. The maximum atomic E-state index is 12.0. The quantitative estimate of drug-likeness (QED) is 0.754. The van der Waals surface area contributed by atoms with Gasteiger partial charge in [0.25, 0.3) is 0 Å². The number of carbonyl (C=O) groups excluding carboxylic acids is 1. The first-order valence-electron chi connectivity index (χ1n) is 8.44. The molecule has 5 heteroatoms. The molecule has 0 bridgehead atoms. The van der Waals surface area contributed by atoms with Crippen molar-refractivity contribution in [2.45, 2.75) is 19.6 Å². The van der Waals surface area contributed by atoms with E-state index in [2.05, 4.69) is 40.1 Å². The summed E-state index contributed by atoms with van der Waals surface area (Å²) in [6.07, 6.45) is -0.0831. The molecule has 4 nitrogen and oxygen atoms in total. The minimum atomic E-state index is -0.208. The fourth-order valence-electron chi connectivity index (χ4n) is 3.01. The summed E-state index contributed by atoms with van der Waals surface area (Å²) in [5, 5.41) is 1.90. The molecule has 1 saturated heterocycles. The maximum Gasteiger partial charge on any atom is 0.348 e. The zero-order chi connectivity index (χ0) is 16.8. The van der Waals surface area contributed by atoms with Crippen LogP contribution < -0.4 is 0 Å². The van der Waals surface area contributed by atoms with Crippen LogP contribution in [0.2, 0.25) is 0 Å². The summed E-state index contributed by atoms with van der Waals surface area (Å²) in [6.45, 7) is 7.94. The first-order chi connectivity index (χ1) is 11.7. The van der Waals surface area contributed by atoms with E-state index in [4.69, 9.17) is 4.74 Å². The van der Waals surface area contributed by atoms with E-state index in [0.29, 0.717) is 4.88 Å². The van der Waals surface area contributed by atoms with Crippen molar-refractivity contribution in [2.75, 3.05) is 32.7 Å². The largest absolute Gasteiger partial charge is 0.457 e. The molecular weight excluding hydrogens is 320 g/mol. The normalized spacial score (nSPS) is 17.5. The van der Waals surface area contributed by atoms with Crippen LogP contribution in [-0.2, 0) is 11.3 Å². The number of piperazine rings is 1. The van der Waals surface area contributed by atoms with Gasteiger partial charge >= 0.3 is 5.97 Å². The summed E-state index contributed by atoms with van der Waals surface area (Å²) in [4.78, 5) is 17.5. The number of benzene rings is 1. The first-order valence-corrected chi connectivity index (χ1v) is 9.32. The molecule has 0 unspecified atom stereocenters. The van der Waals surface area contributed by atoms with Gasteiger partial charge < -0.3 is 4.74 Å². The predicted molar refractivity (Wildman–Crippen MR) is 97.4 cm³/mol. The molecule has 0 spiro atoms. The number of hydrogen-bond donors (Lipinski definition) is 0. The zero-order valence-corrected chi connectivity index (χ0v) is 14.9. The number of rotatable bonds is 6. The number of carbonyl (C=O) groups is 1. The van der Waals surface area contributed by atoms with E-state index in [-0.39, 0.29) is 12.1 Å². The van der Waals surface area contributed by atoms with Crippen molar-refractivity contribution in [1.82, 2.24) is 9.80 Å². The molecule has 128 valence electrons. The Bertz CT molecular complexity index is 622. The number of nitrogens with zero attached hydrogens (tertiary/aromatic N) is 2. The van der Waals surface area contributed by atoms with E-state index < -0.39 is 0 Å². The van der Waals surface area contributed by atoms with Gasteiger partial charge in [-0.3, -0.25) is 9.80 Å². The van der Waals surface area contributed by atoms with E-state index in [1.807, 2.05) is 24.4 Å². The van der Waals surface area contributed by atoms with Crippen molar-refractivity contribution < 1.29 is 9.53 Å². The summed E-state index contributed by atoms with van der Waals surface area (Å²) < 4.78 is 5.54. The highest BCUT2D eigenvalue weighted by Gasteiger charge is 2.20. The number of ether oxygens (including phenoxy) is 1. The lowest BCUT2D eigenvalue weighted by molar-refractivity contribution is 0.0196. The Labute approximate surface area is 147 Å².